The molecule has 0 bridgehead atoms. The van der Waals surface area contributed by atoms with Gasteiger partial charge in [0.25, 0.3) is 5.91 Å². The van der Waals surface area contributed by atoms with Gasteiger partial charge in [0.05, 0.1) is 13.2 Å². The minimum Gasteiger partial charge on any atom is -0.492 e. The number of hydrogen-bond donors (Lipinski definition) is 2. The highest BCUT2D eigenvalue weighted by Crippen LogP contribution is 2.25. The highest BCUT2D eigenvalue weighted by molar-refractivity contribution is 7.89. The number of benzene rings is 1. The molecule has 24 heavy (non-hydrogen) atoms. The Morgan fingerprint density at radius 2 is 1.92 bits per heavy atom. The van der Waals surface area contributed by atoms with Crippen molar-refractivity contribution in [2.24, 2.45) is 0 Å². The summed E-state index contributed by atoms with van der Waals surface area (Å²) >= 11 is 0. The topological polar surface area (TPSA) is 93.7 Å². The predicted octanol–water partition coefficient (Wildman–Crippen LogP) is 1.54. The van der Waals surface area contributed by atoms with Gasteiger partial charge in [0.1, 0.15) is 10.6 Å². The highest BCUT2D eigenvalue weighted by atomic mass is 32.2. The van der Waals surface area contributed by atoms with Gasteiger partial charge >= 0.3 is 0 Å². The first-order valence-electron chi connectivity index (χ1n) is 7.80. The van der Waals surface area contributed by atoms with E-state index in [-0.39, 0.29) is 34.2 Å². The van der Waals surface area contributed by atoms with Crippen LogP contribution in [0.2, 0.25) is 0 Å². The maximum atomic E-state index is 12.5. The van der Waals surface area contributed by atoms with Gasteiger partial charge in [0, 0.05) is 24.8 Å². The standard InChI is InChI=1S/C16H26N2O5S/c1-6-23-14-8-7-13(16(19)17-12(4)10-22-5)9-15(14)24(20,21)18-11(2)3/h7-9,11-12,18H,6,10H2,1-5H3,(H,17,19)/t12-/m0/s1. The van der Waals surface area contributed by atoms with Gasteiger partial charge in [0.2, 0.25) is 10.0 Å². The fourth-order valence-corrected chi connectivity index (χ4v) is 3.53. The Balaban J connectivity index is 3.19. The molecule has 0 saturated carbocycles. The first-order chi connectivity index (χ1) is 11.2. The third-order valence-corrected chi connectivity index (χ3v) is 4.66. The molecule has 7 nitrogen and oxygen atoms in total. The van der Waals surface area contributed by atoms with E-state index in [0.717, 1.165) is 0 Å². The molecule has 0 heterocycles. The zero-order valence-corrected chi connectivity index (χ0v) is 15.6. The van der Waals surface area contributed by atoms with Gasteiger partial charge in [-0.2, -0.15) is 0 Å². The molecule has 1 atom stereocenters. The van der Waals surface area contributed by atoms with Crippen molar-refractivity contribution >= 4 is 15.9 Å². The van der Waals surface area contributed by atoms with Crippen molar-refractivity contribution in [2.45, 2.75) is 44.7 Å². The second-order valence-corrected chi connectivity index (χ2v) is 7.38. The van der Waals surface area contributed by atoms with E-state index in [1.807, 2.05) is 0 Å². The Kier molecular flexibility index (Phi) is 7.65. The minimum atomic E-state index is -3.79. The van der Waals surface area contributed by atoms with Crippen molar-refractivity contribution in [3.8, 4) is 5.75 Å². The Morgan fingerprint density at radius 3 is 2.46 bits per heavy atom. The van der Waals surface area contributed by atoms with Crippen LogP contribution in [0.4, 0.5) is 0 Å². The molecule has 0 fully saturated rings. The smallest absolute Gasteiger partial charge is 0.251 e. The van der Waals surface area contributed by atoms with Crippen LogP contribution in [0.3, 0.4) is 0 Å². The average Bonchev–Trinajstić information content (AvgIpc) is 2.46. The molecule has 0 spiro atoms. The molecular formula is C16H26N2O5S. The van der Waals surface area contributed by atoms with Crippen LogP contribution >= 0.6 is 0 Å². The Bertz CT molecular complexity index is 658. The quantitative estimate of drug-likeness (QED) is 0.698. The lowest BCUT2D eigenvalue weighted by molar-refractivity contribution is 0.0905. The largest absolute Gasteiger partial charge is 0.492 e. The van der Waals surface area contributed by atoms with Crippen molar-refractivity contribution in [1.82, 2.24) is 10.0 Å². The molecular weight excluding hydrogens is 332 g/mol. The molecule has 1 rings (SSSR count). The number of amides is 1. The van der Waals surface area contributed by atoms with Gasteiger partial charge in [-0.1, -0.05) is 0 Å². The number of rotatable bonds is 9. The number of hydrogen-bond acceptors (Lipinski definition) is 5. The van der Waals surface area contributed by atoms with Gasteiger partial charge in [-0.05, 0) is 45.9 Å². The molecule has 0 saturated heterocycles. The lowest BCUT2D eigenvalue weighted by Crippen LogP contribution is -2.36. The van der Waals surface area contributed by atoms with E-state index in [9.17, 15) is 13.2 Å². The summed E-state index contributed by atoms with van der Waals surface area (Å²) in [6.45, 7) is 7.69. The normalized spacial score (nSPS) is 12.9. The second-order valence-electron chi connectivity index (χ2n) is 5.70. The third-order valence-electron chi connectivity index (χ3n) is 2.98. The summed E-state index contributed by atoms with van der Waals surface area (Å²) in [6.07, 6.45) is 0. The lowest BCUT2D eigenvalue weighted by Gasteiger charge is -2.16. The van der Waals surface area contributed by atoms with Crippen LogP contribution in [-0.2, 0) is 14.8 Å². The Labute approximate surface area is 143 Å². The van der Waals surface area contributed by atoms with Crippen LogP contribution < -0.4 is 14.8 Å². The van der Waals surface area contributed by atoms with Gasteiger partial charge < -0.3 is 14.8 Å². The zero-order chi connectivity index (χ0) is 18.3. The molecule has 0 aromatic heterocycles. The predicted molar refractivity (Wildman–Crippen MR) is 91.9 cm³/mol. The Morgan fingerprint density at radius 1 is 1.25 bits per heavy atom. The van der Waals surface area contributed by atoms with E-state index in [0.29, 0.717) is 13.2 Å². The summed E-state index contributed by atoms with van der Waals surface area (Å²) in [5, 5.41) is 2.75. The van der Waals surface area contributed by atoms with E-state index >= 15 is 0 Å². The van der Waals surface area contributed by atoms with Crippen LogP contribution in [0.1, 0.15) is 38.1 Å². The van der Waals surface area contributed by atoms with Gasteiger partial charge in [-0.15, -0.1) is 0 Å². The second kappa shape index (κ2) is 9.00. The molecule has 0 aliphatic carbocycles. The van der Waals surface area contributed by atoms with Gasteiger partial charge in [-0.25, -0.2) is 13.1 Å². The lowest BCUT2D eigenvalue weighted by atomic mass is 10.2. The zero-order valence-electron chi connectivity index (χ0n) is 14.8. The van der Waals surface area contributed by atoms with Gasteiger partial charge in [-0.3, -0.25) is 4.79 Å². The van der Waals surface area contributed by atoms with Crippen molar-refractivity contribution in [3.05, 3.63) is 23.8 Å². The third kappa shape index (κ3) is 5.77. The molecule has 1 aromatic carbocycles. The molecule has 0 unspecified atom stereocenters. The number of methoxy groups -OCH3 is 1. The molecule has 0 radical (unpaired) electrons. The monoisotopic (exact) mass is 358 g/mol. The van der Waals surface area contributed by atoms with E-state index < -0.39 is 10.0 Å². The van der Waals surface area contributed by atoms with Crippen LogP contribution in [-0.4, -0.2) is 46.7 Å². The van der Waals surface area contributed by atoms with Crippen LogP contribution in [0.25, 0.3) is 0 Å². The molecule has 136 valence electrons. The summed E-state index contributed by atoms with van der Waals surface area (Å²) in [7, 11) is -2.24. The fourth-order valence-electron chi connectivity index (χ4n) is 2.11. The number of carbonyl (C=O) groups excluding carboxylic acids is 1. The average molecular weight is 358 g/mol. The summed E-state index contributed by atoms with van der Waals surface area (Å²) < 4.78 is 37.9. The molecule has 8 heteroatoms. The first kappa shape index (κ1) is 20.4. The van der Waals surface area contributed by atoms with Gasteiger partial charge in [0.15, 0.2) is 0 Å². The summed E-state index contributed by atoms with van der Waals surface area (Å²) in [6, 6.07) is 3.89. The van der Waals surface area contributed by atoms with E-state index in [1.54, 1.807) is 34.8 Å². The van der Waals surface area contributed by atoms with Crippen molar-refractivity contribution in [2.75, 3.05) is 20.3 Å². The van der Waals surface area contributed by atoms with E-state index in [4.69, 9.17) is 9.47 Å². The minimum absolute atomic E-state index is 0.0508. The summed E-state index contributed by atoms with van der Waals surface area (Å²) in [5.74, 6) is -0.157. The van der Waals surface area contributed by atoms with Crippen molar-refractivity contribution < 1.29 is 22.7 Å². The van der Waals surface area contributed by atoms with Crippen LogP contribution in [0.5, 0.6) is 5.75 Å². The molecule has 2 N–H and O–H groups in total. The number of nitrogens with one attached hydrogen (secondary N) is 2. The highest BCUT2D eigenvalue weighted by Gasteiger charge is 2.23. The van der Waals surface area contributed by atoms with Crippen molar-refractivity contribution in [3.63, 3.8) is 0 Å². The summed E-state index contributed by atoms with van der Waals surface area (Å²) in [4.78, 5) is 12.2. The maximum Gasteiger partial charge on any atom is 0.251 e. The van der Waals surface area contributed by atoms with Crippen LogP contribution in [0.15, 0.2) is 23.1 Å². The first-order valence-corrected chi connectivity index (χ1v) is 9.28. The molecule has 1 aromatic rings. The van der Waals surface area contributed by atoms with Crippen molar-refractivity contribution in [1.29, 1.82) is 0 Å². The summed E-state index contributed by atoms with van der Waals surface area (Å²) in [5.41, 5.74) is 0.241. The maximum absolute atomic E-state index is 12.5. The molecule has 0 aliphatic heterocycles. The van der Waals surface area contributed by atoms with Crippen LogP contribution in [0, 0.1) is 0 Å². The number of carbonyl (C=O) groups is 1. The van der Waals surface area contributed by atoms with E-state index in [2.05, 4.69) is 10.0 Å². The number of sulfonamides is 1. The Hall–Kier alpha value is -1.64. The SMILES string of the molecule is CCOc1ccc(C(=O)N[C@@H](C)COC)cc1S(=O)(=O)NC(C)C. The number of ether oxygens (including phenoxy) is 2. The fraction of sp³-hybridized carbons (Fsp3) is 0.562. The molecule has 0 aliphatic rings. The van der Waals surface area contributed by atoms with E-state index in [1.165, 1.54) is 18.2 Å². The molecule has 1 amide bonds.